The fraction of sp³-hybridized carbons (Fsp3) is 0.364. The van der Waals surface area contributed by atoms with Crippen molar-refractivity contribution in [3.63, 3.8) is 0 Å². The van der Waals surface area contributed by atoms with E-state index in [0.29, 0.717) is 0 Å². The number of halogens is 3. The predicted molar refractivity (Wildman–Crippen MR) is 76.2 cm³/mol. The second kappa shape index (κ2) is 6.73. The lowest BCUT2D eigenvalue weighted by atomic mass is 10.3. The Morgan fingerprint density at radius 1 is 1.40 bits per heavy atom. The van der Waals surface area contributed by atoms with Gasteiger partial charge in [-0.05, 0) is 19.1 Å². The Balaban J connectivity index is 3.04. The maximum absolute atomic E-state index is 12.5. The van der Waals surface area contributed by atoms with Crippen molar-refractivity contribution in [3.05, 3.63) is 23.2 Å². The fourth-order valence-electron chi connectivity index (χ4n) is 1.24. The number of nitrogens with one attached hydrogen (secondary N) is 1. The van der Waals surface area contributed by atoms with Gasteiger partial charge in [-0.2, -0.15) is 8.78 Å². The van der Waals surface area contributed by atoms with E-state index in [1.54, 1.807) is 0 Å². The Kier molecular flexibility index (Phi) is 5.79. The van der Waals surface area contributed by atoms with Gasteiger partial charge in [-0.25, -0.2) is 8.42 Å². The van der Waals surface area contributed by atoms with Crippen LogP contribution in [-0.4, -0.2) is 31.6 Å². The van der Waals surface area contributed by atoms with Crippen LogP contribution in [0.15, 0.2) is 23.1 Å². The summed E-state index contributed by atoms with van der Waals surface area (Å²) in [5, 5.41) is 1.08. The van der Waals surface area contributed by atoms with Gasteiger partial charge in [0, 0.05) is 6.26 Å². The Hall–Kier alpha value is -0.860. The van der Waals surface area contributed by atoms with Crippen LogP contribution in [0.25, 0.3) is 0 Å². The van der Waals surface area contributed by atoms with Crippen LogP contribution >= 0.6 is 23.4 Å². The highest BCUT2D eigenvalue weighted by Gasteiger charge is 2.25. The molecule has 0 spiro atoms. The number of hydrogen-bond donors (Lipinski definition) is 1. The van der Waals surface area contributed by atoms with E-state index >= 15 is 0 Å². The molecule has 0 aliphatic carbocycles. The van der Waals surface area contributed by atoms with Crippen molar-refractivity contribution in [1.29, 1.82) is 0 Å². The molecule has 0 aromatic heterocycles. The quantitative estimate of drug-likeness (QED) is 0.835. The first kappa shape index (κ1) is 17.2. The van der Waals surface area contributed by atoms with Crippen molar-refractivity contribution in [3.8, 4) is 0 Å². The molecule has 1 aromatic carbocycles. The largest absolute Gasteiger partial charge is 0.324 e. The molecule has 9 heteroatoms. The van der Waals surface area contributed by atoms with Crippen LogP contribution in [0, 0.1) is 0 Å². The summed E-state index contributed by atoms with van der Waals surface area (Å²) < 4.78 is 47.5. The minimum absolute atomic E-state index is 0.00165. The third kappa shape index (κ3) is 4.60. The van der Waals surface area contributed by atoms with Gasteiger partial charge in [-0.15, -0.1) is 0 Å². The second-order valence-electron chi connectivity index (χ2n) is 3.96. The molecule has 1 atom stereocenters. The Labute approximate surface area is 124 Å². The minimum atomic E-state index is -3.57. The van der Waals surface area contributed by atoms with Crippen molar-refractivity contribution in [2.75, 3.05) is 11.6 Å². The summed E-state index contributed by atoms with van der Waals surface area (Å²) in [4.78, 5) is 11.8. The van der Waals surface area contributed by atoms with Gasteiger partial charge >= 0.3 is 0 Å². The molecule has 1 N–H and O–H groups in total. The molecular weight excluding hydrogens is 332 g/mol. The van der Waals surface area contributed by atoms with Crippen LogP contribution in [0.2, 0.25) is 5.02 Å². The molecule has 4 nitrogen and oxygen atoms in total. The van der Waals surface area contributed by atoms with E-state index in [9.17, 15) is 22.0 Å². The lowest BCUT2D eigenvalue weighted by Gasteiger charge is -2.14. The maximum atomic E-state index is 12.5. The standard InChI is InChI=1S/C11H12ClF2NO3S2/c1-6(20(2,17)18)10(16)15-8-5-3-4-7(12)9(8)19-11(13)14/h3-6,11H,1-2H3,(H,15,16)/t6-/m0/s1. The number of amides is 1. The number of alkyl halides is 2. The van der Waals surface area contributed by atoms with Gasteiger partial charge in [0.15, 0.2) is 9.84 Å². The van der Waals surface area contributed by atoms with Crippen LogP contribution in [0.3, 0.4) is 0 Å². The molecular formula is C11H12ClF2NO3S2. The van der Waals surface area contributed by atoms with Crippen molar-refractivity contribution in [1.82, 2.24) is 0 Å². The van der Waals surface area contributed by atoms with Crippen molar-refractivity contribution in [2.45, 2.75) is 22.8 Å². The number of sulfone groups is 1. The summed E-state index contributed by atoms with van der Waals surface area (Å²) in [6.45, 7) is 1.22. The summed E-state index contributed by atoms with van der Waals surface area (Å²) in [6, 6.07) is 4.25. The van der Waals surface area contributed by atoms with Crippen molar-refractivity contribution in [2.24, 2.45) is 0 Å². The Morgan fingerprint density at radius 2 is 2.00 bits per heavy atom. The molecule has 112 valence electrons. The zero-order valence-corrected chi connectivity index (χ0v) is 13.0. The van der Waals surface area contributed by atoms with E-state index in [0.717, 1.165) is 6.26 Å². The van der Waals surface area contributed by atoms with Crippen molar-refractivity contribution >= 4 is 44.8 Å². The number of hydrogen-bond acceptors (Lipinski definition) is 4. The molecule has 1 rings (SSSR count). The highest BCUT2D eigenvalue weighted by molar-refractivity contribution is 7.99. The van der Waals surface area contributed by atoms with E-state index in [2.05, 4.69) is 5.32 Å². The molecule has 0 aliphatic rings. The summed E-state index contributed by atoms with van der Waals surface area (Å²) >= 11 is 5.99. The van der Waals surface area contributed by atoms with Gasteiger partial charge in [0.25, 0.3) is 5.76 Å². The summed E-state index contributed by atoms with van der Waals surface area (Å²) in [7, 11) is -3.57. The lowest BCUT2D eigenvalue weighted by molar-refractivity contribution is -0.115. The van der Waals surface area contributed by atoms with E-state index in [4.69, 9.17) is 11.6 Å². The summed E-state index contributed by atoms with van der Waals surface area (Å²) in [5.41, 5.74) is 0.0586. The van der Waals surface area contributed by atoms with Crippen LogP contribution in [0.4, 0.5) is 14.5 Å². The van der Waals surface area contributed by atoms with Gasteiger partial charge in [0.1, 0.15) is 5.25 Å². The molecule has 1 aromatic rings. The zero-order valence-electron chi connectivity index (χ0n) is 10.6. The molecule has 20 heavy (non-hydrogen) atoms. The molecule has 0 bridgehead atoms. The number of rotatable bonds is 5. The third-order valence-corrected chi connectivity index (χ3v) is 5.22. The van der Waals surface area contributed by atoms with Gasteiger partial charge in [-0.3, -0.25) is 4.79 Å². The highest BCUT2D eigenvalue weighted by Crippen LogP contribution is 2.37. The van der Waals surface area contributed by atoms with E-state index < -0.39 is 26.8 Å². The number of carbonyl (C=O) groups excluding carboxylic acids is 1. The van der Waals surface area contributed by atoms with Crippen LogP contribution < -0.4 is 5.32 Å². The van der Waals surface area contributed by atoms with Gasteiger partial charge in [0.2, 0.25) is 5.91 Å². The summed E-state index contributed by atoms with van der Waals surface area (Å²) in [6.07, 6.45) is 0.921. The Bertz CT molecular complexity index is 608. The topological polar surface area (TPSA) is 63.2 Å². The van der Waals surface area contributed by atoms with Crippen LogP contribution in [0.1, 0.15) is 6.92 Å². The number of thioether (sulfide) groups is 1. The first-order chi connectivity index (χ1) is 9.12. The number of anilines is 1. The predicted octanol–water partition coefficient (Wildman–Crippen LogP) is 3.03. The number of carbonyl (C=O) groups is 1. The SMILES string of the molecule is C[C@@H](C(=O)Nc1cccc(Cl)c1SC(F)F)S(C)(=O)=O. The molecule has 0 fully saturated rings. The summed E-state index contributed by atoms with van der Waals surface area (Å²) in [5.74, 6) is -3.51. The van der Waals surface area contributed by atoms with Crippen molar-refractivity contribution < 1.29 is 22.0 Å². The van der Waals surface area contributed by atoms with E-state index in [1.807, 2.05) is 0 Å². The van der Waals surface area contributed by atoms with Gasteiger partial charge in [-0.1, -0.05) is 29.4 Å². The molecule has 0 saturated heterocycles. The van der Waals surface area contributed by atoms with E-state index in [-0.39, 0.29) is 27.4 Å². The lowest BCUT2D eigenvalue weighted by Crippen LogP contribution is -2.31. The van der Waals surface area contributed by atoms with Gasteiger partial charge in [0.05, 0.1) is 15.6 Å². The second-order valence-corrected chi connectivity index (χ2v) is 7.73. The molecule has 0 aliphatic heterocycles. The number of benzene rings is 1. The highest BCUT2D eigenvalue weighted by atomic mass is 35.5. The normalized spacial score (nSPS) is 13.3. The Morgan fingerprint density at radius 3 is 2.50 bits per heavy atom. The average Bonchev–Trinajstić information content (AvgIpc) is 2.31. The first-order valence-electron chi connectivity index (χ1n) is 5.36. The molecule has 0 heterocycles. The monoisotopic (exact) mass is 343 g/mol. The zero-order chi connectivity index (χ0) is 15.5. The fourth-order valence-corrected chi connectivity index (χ4v) is 2.61. The molecule has 1 amide bonds. The first-order valence-corrected chi connectivity index (χ1v) is 8.57. The smallest absolute Gasteiger partial charge is 0.289 e. The van der Waals surface area contributed by atoms with E-state index in [1.165, 1.54) is 25.1 Å². The molecule has 0 saturated carbocycles. The molecule has 0 unspecified atom stereocenters. The van der Waals surface area contributed by atoms with Gasteiger partial charge < -0.3 is 5.32 Å². The maximum Gasteiger partial charge on any atom is 0.289 e. The third-order valence-electron chi connectivity index (χ3n) is 2.44. The average molecular weight is 344 g/mol. The van der Waals surface area contributed by atoms with Crippen LogP contribution in [0.5, 0.6) is 0 Å². The molecule has 0 radical (unpaired) electrons. The van der Waals surface area contributed by atoms with Crippen LogP contribution in [-0.2, 0) is 14.6 Å². The minimum Gasteiger partial charge on any atom is -0.324 e.